The zero-order valence-electron chi connectivity index (χ0n) is 12.2. The minimum atomic E-state index is -0.167. The number of nitrogens with zero attached hydrogens (tertiary/aromatic N) is 2. The van der Waals surface area contributed by atoms with E-state index in [2.05, 4.69) is 4.99 Å². The minimum Gasteiger partial charge on any atom is -0.376 e. The maximum atomic E-state index is 7.82. The molecule has 0 saturated carbocycles. The van der Waals surface area contributed by atoms with Crippen molar-refractivity contribution < 1.29 is 4.84 Å². The predicted octanol–water partition coefficient (Wildman–Crippen LogP) is 1.94. The van der Waals surface area contributed by atoms with Gasteiger partial charge in [-0.1, -0.05) is 6.07 Å². The third kappa shape index (κ3) is 5.36. The molecule has 0 aliphatic heterocycles. The topological polar surface area (TPSA) is 101 Å². The van der Waals surface area contributed by atoms with E-state index in [4.69, 9.17) is 21.7 Å². The van der Waals surface area contributed by atoms with Gasteiger partial charge in [-0.25, -0.2) is 0 Å². The van der Waals surface area contributed by atoms with E-state index in [1.807, 2.05) is 45.9 Å². The van der Waals surface area contributed by atoms with Gasteiger partial charge >= 0.3 is 0 Å². The number of aryl methyl sites for hydroxylation is 2. The van der Waals surface area contributed by atoms with Crippen LogP contribution in [-0.4, -0.2) is 23.0 Å². The number of rotatable bonds is 3. The van der Waals surface area contributed by atoms with Crippen LogP contribution in [0.3, 0.4) is 0 Å². The Morgan fingerprint density at radius 1 is 1.20 bits per heavy atom. The van der Waals surface area contributed by atoms with Crippen molar-refractivity contribution in [3.8, 4) is 5.75 Å². The second-order valence-electron chi connectivity index (χ2n) is 4.69. The first-order chi connectivity index (χ1) is 8.79. The molecule has 1 aromatic carbocycles. The normalized spacial score (nSPS) is 9.65. The Labute approximate surface area is 125 Å². The van der Waals surface area contributed by atoms with Crippen molar-refractivity contribution in [3.63, 3.8) is 0 Å². The molecular formula is C13H22ClN5O. The summed E-state index contributed by atoms with van der Waals surface area (Å²) in [5.41, 5.74) is 12.7. The number of hydrogen-bond donors (Lipinski definition) is 3. The fourth-order valence-electron chi connectivity index (χ4n) is 1.66. The molecule has 0 bridgehead atoms. The van der Waals surface area contributed by atoms with Gasteiger partial charge in [-0.2, -0.15) is 10.1 Å². The van der Waals surface area contributed by atoms with Gasteiger partial charge in [0.1, 0.15) is 0 Å². The van der Waals surface area contributed by atoms with E-state index >= 15 is 0 Å². The van der Waals surface area contributed by atoms with Gasteiger partial charge in [0.25, 0.3) is 5.96 Å². The van der Waals surface area contributed by atoms with Crippen LogP contribution in [-0.2, 0) is 0 Å². The average Bonchev–Trinajstić information content (AvgIpc) is 2.22. The first-order valence-electron chi connectivity index (χ1n) is 6.03. The summed E-state index contributed by atoms with van der Waals surface area (Å²) in [4.78, 5) is 9.39. The van der Waals surface area contributed by atoms with Crippen LogP contribution in [0.25, 0.3) is 0 Å². The highest BCUT2D eigenvalue weighted by Crippen LogP contribution is 2.18. The summed E-state index contributed by atoms with van der Waals surface area (Å²) in [5.74, 6) is 0.357. The quantitative estimate of drug-likeness (QED) is 0.451. The summed E-state index contributed by atoms with van der Waals surface area (Å²) in [7, 11) is 0. The summed E-state index contributed by atoms with van der Waals surface area (Å²) < 4.78 is 0. The summed E-state index contributed by atoms with van der Waals surface area (Å²) in [6.07, 6.45) is 0. The zero-order chi connectivity index (χ0) is 14.6. The molecule has 0 unspecified atom stereocenters. The van der Waals surface area contributed by atoms with Crippen LogP contribution in [0.5, 0.6) is 5.75 Å². The van der Waals surface area contributed by atoms with Crippen molar-refractivity contribution in [1.29, 1.82) is 5.41 Å². The Hall–Kier alpha value is -1.95. The fourth-order valence-corrected chi connectivity index (χ4v) is 1.66. The number of halogens is 1. The number of nitrogens with two attached hydrogens (primary N) is 2. The molecule has 0 heterocycles. The summed E-state index contributed by atoms with van der Waals surface area (Å²) in [6, 6.07) is 5.76. The van der Waals surface area contributed by atoms with Crippen LogP contribution in [0.15, 0.2) is 23.2 Å². The SMILES string of the molecule is Cc1cc(C)cc(ON(C(=N)N=C(N)N)C(C)C)c1.Cl. The molecule has 112 valence electrons. The molecule has 1 aromatic rings. The molecule has 6 nitrogen and oxygen atoms in total. The van der Waals surface area contributed by atoms with Crippen molar-refractivity contribution in [1.82, 2.24) is 5.06 Å². The lowest BCUT2D eigenvalue weighted by atomic mass is 10.1. The van der Waals surface area contributed by atoms with Gasteiger partial charge < -0.3 is 16.3 Å². The van der Waals surface area contributed by atoms with Gasteiger partial charge in [-0.15, -0.1) is 12.4 Å². The highest BCUT2D eigenvalue weighted by atomic mass is 35.5. The van der Waals surface area contributed by atoms with Gasteiger partial charge in [-0.3, -0.25) is 5.41 Å². The Kier molecular flexibility index (Phi) is 6.85. The standard InChI is InChI=1S/C13H21N5O.ClH/c1-8(2)18(13(16)17-12(14)15)19-11-6-9(3)5-10(4)7-11;/h5-8H,1-4H3,(H5,14,15,16,17);1H. The molecule has 0 fully saturated rings. The zero-order valence-corrected chi connectivity index (χ0v) is 13.0. The third-order valence-corrected chi connectivity index (χ3v) is 2.31. The van der Waals surface area contributed by atoms with Gasteiger partial charge in [0.2, 0.25) is 0 Å². The average molecular weight is 300 g/mol. The number of hydrogen-bond acceptors (Lipinski definition) is 2. The maximum Gasteiger partial charge on any atom is 0.255 e. The van der Waals surface area contributed by atoms with E-state index in [9.17, 15) is 0 Å². The molecule has 0 aliphatic carbocycles. The molecule has 7 heteroatoms. The second-order valence-corrected chi connectivity index (χ2v) is 4.69. The number of hydroxylamine groups is 2. The molecule has 0 amide bonds. The van der Waals surface area contributed by atoms with E-state index in [0.717, 1.165) is 11.1 Å². The third-order valence-electron chi connectivity index (χ3n) is 2.31. The number of guanidine groups is 2. The Balaban J connectivity index is 0.00000361. The van der Waals surface area contributed by atoms with Crippen LogP contribution in [0.4, 0.5) is 0 Å². The van der Waals surface area contributed by atoms with Gasteiger partial charge in [-0.05, 0) is 51.0 Å². The van der Waals surface area contributed by atoms with Crippen molar-refractivity contribution >= 4 is 24.3 Å². The predicted molar refractivity (Wildman–Crippen MR) is 84.3 cm³/mol. The molecule has 0 aromatic heterocycles. The second kappa shape index (κ2) is 7.59. The van der Waals surface area contributed by atoms with E-state index in [-0.39, 0.29) is 30.4 Å². The molecule has 0 spiro atoms. The highest BCUT2D eigenvalue weighted by Gasteiger charge is 2.16. The number of aliphatic imine (C=N–C) groups is 1. The first-order valence-corrected chi connectivity index (χ1v) is 6.03. The van der Waals surface area contributed by atoms with Crippen molar-refractivity contribution in [2.75, 3.05) is 0 Å². The molecule has 1 rings (SSSR count). The van der Waals surface area contributed by atoms with E-state index in [1.165, 1.54) is 5.06 Å². The molecular weight excluding hydrogens is 278 g/mol. The Morgan fingerprint density at radius 3 is 2.10 bits per heavy atom. The maximum absolute atomic E-state index is 7.82. The molecule has 0 atom stereocenters. The summed E-state index contributed by atoms with van der Waals surface area (Å²) in [5, 5.41) is 9.17. The molecule has 0 radical (unpaired) electrons. The highest BCUT2D eigenvalue weighted by molar-refractivity contribution is 5.91. The fraction of sp³-hybridized carbons (Fsp3) is 0.385. The lowest BCUT2D eigenvalue weighted by molar-refractivity contribution is -0.0119. The first kappa shape index (κ1) is 18.0. The smallest absolute Gasteiger partial charge is 0.255 e. The van der Waals surface area contributed by atoms with Gasteiger partial charge in [0, 0.05) is 0 Å². The van der Waals surface area contributed by atoms with Crippen molar-refractivity contribution in [2.24, 2.45) is 16.5 Å². The summed E-state index contributed by atoms with van der Waals surface area (Å²) in [6.45, 7) is 7.75. The number of benzene rings is 1. The van der Waals surface area contributed by atoms with E-state index in [0.29, 0.717) is 5.75 Å². The lowest BCUT2D eigenvalue weighted by Gasteiger charge is -2.26. The van der Waals surface area contributed by atoms with Crippen LogP contribution in [0, 0.1) is 19.3 Å². The van der Waals surface area contributed by atoms with Crippen LogP contribution in [0.1, 0.15) is 25.0 Å². The largest absolute Gasteiger partial charge is 0.376 e. The minimum absolute atomic E-state index is 0. The Morgan fingerprint density at radius 2 is 1.70 bits per heavy atom. The van der Waals surface area contributed by atoms with Crippen LogP contribution in [0.2, 0.25) is 0 Å². The number of nitrogens with one attached hydrogen (secondary N) is 1. The molecule has 5 N–H and O–H groups in total. The van der Waals surface area contributed by atoms with Gasteiger partial charge in [0.15, 0.2) is 11.7 Å². The Bertz CT molecular complexity index is 477. The van der Waals surface area contributed by atoms with E-state index < -0.39 is 0 Å². The molecule has 0 saturated heterocycles. The molecule has 20 heavy (non-hydrogen) atoms. The van der Waals surface area contributed by atoms with Crippen LogP contribution < -0.4 is 16.3 Å². The van der Waals surface area contributed by atoms with Crippen LogP contribution >= 0.6 is 12.4 Å². The van der Waals surface area contributed by atoms with Gasteiger partial charge in [0.05, 0.1) is 6.04 Å². The monoisotopic (exact) mass is 299 g/mol. The molecule has 0 aliphatic rings. The summed E-state index contributed by atoms with van der Waals surface area (Å²) >= 11 is 0. The van der Waals surface area contributed by atoms with Crippen molar-refractivity contribution in [2.45, 2.75) is 33.7 Å². The lowest BCUT2D eigenvalue weighted by Crippen LogP contribution is -2.40. The van der Waals surface area contributed by atoms with Crippen molar-refractivity contribution in [3.05, 3.63) is 29.3 Å². The van der Waals surface area contributed by atoms with E-state index in [1.54, 1.807) is 0 Å².